The molecule has 2 heterocycles. The summed E-state index contributed by atoms with van der Waals surface area (Å²) in [7, 11) is 4.28. The van der Waals surface area contributed by atoms with Gasteiger partial charge in [-0.25, -0.2) is 4.98 Å². The standard InChI is InChI=1S/C28H37N7O2/c1-6-29-26(37)23-16-31-27(33-20-9-7-19-14-22(35(4)5)10-8-18(19)13-20)34-25(23)32-21-11-12-30-24(15-21)28(2,3)17-36/h7,9,11-13,15-16,22,36H,6,8,10,14,17H2,1-5H3,(H,29,37)(H2,30,31,32,33,34). The molecule has 1 aromatic carbocycles. The van der Waals surface area contributed by atoms with Gasteiger partial charge < -0.3 is 26.0 Å². The number of rotatable bonds is 9. The number of aryl methyl sites for hydroxylation is 1. The minimum atomic E-state index is -0.502. The van der Waals surface area contributed by atoms with Gasteiger partial charge in [-0.2, -0.15) is 4.98 Å². The molecule has 4 N–H and O–H groups in total. The molecule has 0 saturated carbocycles. The van der Waals surface area contributed by atoms with E-state index in [4.69, 9.17) is 0 Å². The van der Waals surface area contributed by atoms with E-state index in [9.17, 15) is 9.90 Å². The molecule has 0 bridgehead atoms. The molecule has 1 unspecified atom stereocenters. The number of aliphatic hydroxyl groups is 1. The molecule has 1 amide bonds. The molecule has 0 saturated heterocycles. The molecule has 196 valence electrons. The number of hydrogen-bond donors (Lipinski definition) is 4. The summed E-state index contributed by atoms with van der Waals surface area (Å²) >= 11 is 0. The molecule has 1 atom stereocenters. The van der Waals surface area contributed by atoms with E-state index in [0.717, 1.165) is 30.6 Å². The molecule has 1 aliphatic carbocycles. The number of nitrogens with one attached hydrogen (secondary N) is 3. The van der Waals surface area contributed by atoms with Crippen LogP contribution in [0, 0.1) is 0 Å². The Bertz CT molecular complexity index is 1260. The Morgan fingerprint density at radius 1 is 1.11 bits per heavy atom. The first kappa shape index (κ1) is 26.5. The highest BCUT2D eigenvalue weighted by Crippen LogP contribution is 2.29. The van der Waals surface area contributed by atoms with E-state index in [1.165, 1.54) is 17.3 Å². The highest BCUT2D eigenvalue weighted by Gasteiger charge is 2.23. The quantitative estimate of drug-likeness (QED) is 0.349. The summed E-state index contributed by atoms with van der Waals surface area (Å²) in [4.78, 5) is 28.5. The second-order valence-electron chi connectivity index (χ2n) is 10.4. The Kier molecular flexibility index (Phi) is 8.04. The lowest BCUT2D eigenvalue weighted by Gasteiger charge is -2.30. The lowest BCUT2D eigenvalue weighted by molar-refractivity contribution is 0.0956. The number of fused-ring (bicyclic) bond motifs is 1. The summed E-state index contributed by atoms with van der Waals surface area (Å²) in [5, 5.41) is 19.1. The average molecular weight is 504 g/mol. The van der Waals surface area contributed by atoms with E-state index < -0.39 is 5.41 Å². The van der Waals surface area contributed by atoms with Gasteiger partial charge in [0.2, 0.25) is 5.95 Å². The maximum atomic E-state index is 12.7. The van der Waals surface area contributed by atoms with Crippen LogP contribution in [0.25, 0.3) is 0 Å². The van der Waals surface area contributed by atoms with Gasteiger partial charge in [-0.3, -0.25) is 9.78 Å². The lowest BCUT2D eigenvalue weighted by Crippen LogP contribution is -2.33. The third kappa shape index (κ3) is 6.23. The van der Waals surface area contributed by atoms with E-state index in [-0.39, 0.29) is 12.5 Å². The number of amides is 1. The molecule has 37 heavy (non-hydrogen) atoms. The van der Waals surface area contributed by atoms with Crippen molar-refractivity contribution in [2.24, 2.45) is 0 Å². The van der Waals surface area contributed by atoms with Crippen molar-refractivity contribution < 1.29 is 9.90 Å². The monoisotopic (exact) mass is 503 g/mol. The maximum Gasteiger partial charge on any atom is 0.256 e. The highest BCUT2D eigenvalue weighted by molar-refractivity contribution is 5.99. The molecule has 9 nitrogen and oxygen atoms in total. The van der Waals surface area contributed by atoms with Gasteiger partial charge >= 0.3 is 0 Å². The number of anilines is 4. The zero-order valence-corrected chi connectivity index (χ0v) is 22.3. The minimum absolute atomic E-state index is 0.0359. The third-order valence-electron chi connectivity index (χ3n) is 6.88. The van der Waals surface area contributed by atoms with Crippen molar-refractivity contribution in [2.45, 2.75) is 51.5 Å². The van der Waals surface area contributed by atoms with Gasteiger partial charge in [0.25, 0.3) is 5.91 Å². The molecular formula is C28H37N7O2. The summed E-state index contributed by atoms with van der Waals surface area (Å²) in [6, 6.07) is 10.6. The predicted molar refractivity (Wildman–Crippen MR) is 147 cm³/mol. The molecule has 0 radical (unpaired) electrons. The Labute approximate surface area is 218 Å². The normalized spacial score (nSPS) is 15.3. The summed E-state index contributed by atoms with van der Waals surface area (Å²) < 4.78 is 0. The van der Waals surface area contributed by atoms with Gasteiger partial charge in [-0.1, -0.05) is 19.9 Å². The molecule has 1 aliphatic rings. The van der Waals surface area contributed by atoms with Crippen molar-refractivity contribution in [3.05, 3.63) is 65.1 Å². The number of carbonyl (C=O) groups excluding carboxylic acids is 1. The molecule has 0 aliphatic heterocycles. The van der Waals surface area contributed by atoms with E-state index >= 15 is 0 Å². The fourth-order valence-corrected chi connectivity index (χ4v) is 4.44. The second-order valence-corrected chi connectivity index (χ2v) is 10.4. The zero-order chi connectivity index (χ0) is 26.6. The average Bonchev–Trinajstić information content (AvgIpc) is 2.88. The smallest absolute Gasteiger partial charge is 0.256 e. The minimum Gasteiger partial charge on any atom is -0.395 e. The fraction of sp³-hybridized carbons (Fsp3) is 0.429. The number of pyridine rings is 1. The lowest BCUT2D eigenvalue weighted by atomic mass is 9.87. The van der Waals surface area contributed by atoms with Crippen LogP contribution in [-0.2, 0) is 18.3 Å². The molecule has 0 fully saturated rings. The largest absolute Gasteiger partial charge is 0.395 e. The number of likely N-dealkylation sites (N-methyl/N-ethyl adjacent to an activating group) is 1. The first-order chi connectivity index (χ1) is 17.7. The number of carbonyl (C=O) groups is 1. The van der Waals surface area contributed by atoms with Gasteiger partial charge in [0.15, 0.2) is 0 Å². The molecule has 0 spiro atoms. The van der Waals surface area contributed by atoms with Crippen LogP contribution in [-0.4, -0.2) is 64.2 Å². The van der Waals surface area contributed by atoms with Gasteiger partial charge in [0.05, 0.1) is 12.3 Å². The molecular weight excluding hydrogens is 466 g/mol. The van der Waals surface area contributed by atoms with Gasteiger partial charge in [0.1, 0.15) is 11.4 Å². The fourth-order valence-electron chi connectivity index (χ4n) is 4.44. The maximum absolute atomic E-state index is 12.7. The molecule has 2 aromatic heterocycles. The van der Waals surface area contributed by atoms with Crippen LogP contribution in [0.5, 0.6) is 0 Å². The Morgan fingerprint density at radius 2 is 1.89 bits per heavy atom. The van der Waals surface area contributed by atoms with Crippen LogP contribution in [0.15, 0.2) is 42.7 Å². The van der Waals surface area contributed by atoms with Gasteiger partial charge in [-0.15, -0.1) is 0 Å². The second kappa shape index (κ2) is 11.2. The van der Waals surface area contributed by atoms with Crippen molar-refractivity contribution in [2.75, 3.05) is 37.9 Å². The Hall–Kier alpha value is -3.56. The summed E-state index contributed by atoms with van der Waals surface area (Å²) in [5.74, 6) is 0.516. The first-order valence-electron chi connectivity index (χ1n) is 12.7. The predicted octanol–water partition coefficient (Wildman–Crippen LogP) is 3.80. The first-order valence-corrected chi connectivity index (χ1v) is 12.7. The van der Waals surface area contributed by atoms with Crippen LogP contribution in [0.3, 0.4) is 0 Å². The third-order valence-corrected chi connectivity index (χ3v) is 6.88. The van der Waals surface area contributed by atoms with Crippen LogP contribution in [0.2, 0.25) is 0 Å². The summed E-state index contributed by atoms with van der Waals surface area (Å²) in [6.45, 7) is 6.17. The molecule has 3 aromatic rings. The molecule has 4 rings (SSSR count). The van der Waals surface area contributed by atoms with E-state index in [2.05, 4.69) is 68.1 Å². The van der Waals surface area contributed by atoms with Crippen LogP contribution in [0.1, 0.15) is 54.4 Å². The highest BCUT2D eigenvalue weighted by atomic mass is 16.3. The van der Waals surface area contributed by atoms with Crippen molar-refractivity contribution in [3.63, 3.8) is 0 Å². The Morgan fingerprint density at radius 3 is 2.62 bits per heavy atom. The van der Waals surface area contributed by atoms with Crippen molar-refractivity contribution in [3.8, 4) is 0 Å². The van der Waals surface area contributed by atoms with E-state index in [1.54, 1.807) is 12.3 Å². The SMILES string of the molecule is CCNC(=O)c1cnc(Nc2ccc3c(c2)CCC(N(C)C)C3)nc1Nc1ccnc(C(C)(C)CO)c1. The zero-order valence-electron chi connectivity index (χ0n) is 22.3. The Balaban J connectivity index is 1.61. The topological polar surface area (TPSA) is 115 Å². The summed E-state index contributed by atoms with van der Waals surface area (Å²) in [5.41, 5.74) is 4.92. The number of aliphatic hydroxyl groups excluding tert-OH is 1. The van der Waals surface area contributed by atoms with Gasteiger partial charge in [0, 0.05) is 41.8 Å². The summed E-state index contributed by atoms with van der Waals surface area (Å²) in [6.07, 6.45) is 6.43. The number of nitrogens with zero attached hydrogens (tertiary/aromatic N) is 4. The van der Waals surface area contributed by atoms with E-state index in [0.29, 0.717) is 35.6 Å². The number of aromatic nitrogens is 3. The van der Waals surface area contributed by atoms with Crippen LogP contribution in [0.4, 0.5) is 23.1 Å². The van der Waals surface area contributed by atoms with Crippen molar-refractivity contribution in [1.29, 1.82) is 0 Å². The van der Waals surface area contributed by atoms with Crippen molar-refractivity contribution in [1.82, 2.24) is 25.2 Å². The van der Waals surface area contributed by atoms with Crippen molar-refractivity contribution >= 4 is 29.0 Å². The molecule has 9 heteroatoms. The van der Waals surface area contributed by atoms with Crippen LogP contribution >= 0.6 is 0 Å². The van der Waals surface area contributed by atoms with Gasteiger partial charge in [-0.05, 0) is 75.7 Å². The number of hydrogen-bond acceptors (Lipinski definition) is 8. The van der Waals surface area contributed by atoms with E-state index in [1.807, 2.05) is 26.8 Å². The van der Waals surface area contributed by atoms with Crippen LogP contribution < -0.4 is 16.0 Å². The number of benzene rings is 1.